The summed E-state index contributed by atoms with van der Waals surface area (Å²) in [7, 11) is 0. The second-order valence-electron chi connectivity index (χ2n) is 9.22. The Labute approximate surface area is 200 Å². The molecule has 1 aromatic carbocycles. The van der Waals surface area contributed by atoms with E-state index in [0.29, 0.717) is 25.6 Å². The predicted octanol–water partition coefficient (Wildman–Crippen LogP) is 4.40. The molecule has 2 aliphatic rings. The van der Waals surface area contributed by atoms with Gasteiger partial charge in [-0.15, -0.1) is 11.3 Å². The molecular formula is C26H34N2O4S. The van der Waals surface area contributed by atoms with Crippen LogP contribution in [0.1, 0.15) is 61.6 Å². The van der Waals surface area contributed by atoms with Crippen LogP contribution in [0.3, 0.4) is 0 Å². The number of amides is 2. The lowest BCUT2D eigenvalue weighted by molar-refractivity contribution is -0.142. The molecular weight excluding hydrogens is 436 g/mol. The van der Waals surface area contributed by atoms with E-state index in [9.17, 15) is 9.59 Å². The van der Waals surface area contributed by atoms with Crippen molar-refractivity contribution in [3.63, 3.8) is 0 Å². The van der Waals surface area contributed by atoms with Crippen molar-refractivity contribution >= 4 is 23.2 Å². The maximum atomic E-state index is 13.4. The van der Waals surface area contributed by atoms with Crippen LogP contribution in [0.25, 0.3) is 0 Å². The molecule has 178 valence electrons. The van der Waals surface area contributed by atoms with Crippen LogP contribution in [0, 0.1) is 0 Å². The Bertz CT molecular complexity index is 949. The molecule has 7 heteroatoms. The lowest BCUT2D eigenvalue weighted by Gasteiger charge is -2.37. The second kappa shape index (κ2) is 10.7. The molecule has 0 radical (unpaired) electrons. The van der Waals surface area contributed by atoms with E-state index in [2.05, 4.69) is 37.4 Å². The van der Waals surface area contributed by atoms with E-state index in [0.717, 1.165) is 37.2 Å². The molecule has 2 atom stereocenters. The summed E-state index contributed by atoms with van der Waals surface area (Å²) in [6.07, 6.45) is 2.81. The number of carbonyl (C=O) groups excluding carboxylic acids is 2. The Balaban J connectivity index is 1.45. The lowest BCUT2D eigenvalue weighted by atomic mass is 10.00. The Hall–Kier alpha value is -2.38. The summed E-state index contributed by atoms with van der Waals surface area (Å²) in [5.41, 5.74) is 2.43. The van der Waals surface area contributed by atoms with Crippen molar-refractivity contribution in [1.29, 1.82) is 0 Å². The quantitative estimate of drug-likeness (QED) is 0.574. The summed E-state index contributed by atoms with van der Waals surface area (Å²) < 4.78 is 11.8. The Morgan fingerprint density at radius 3 is 2.70 bits per heavy atom. The van der Waals surface area contributed by atoms with Gasteiger partial charge in [-0.3, -0.25) is 9.59 Å². The molecule has 1 saturated heterocycles. The number of fused-ring (bicyclic) bond motifs is 1. The highest BCUT2D eigenvalue weighted by atomic mass is 32.1. The van der Waals surface area contributed by atoms with Crippen LogP contribution in [-0.2, 0) is 20.7 Å². The average Bonchev–Trinajstić information content (AvgIpc) is 3.49. The molecule has 2 aliphatic heterocycles. The minimum atomic E-state index is -0.159. The lowest BCUT2D eigenvalue weighted by Crippen LogP contribution is -2.48. The fraction of sp³-hybridized carbons (Fsp3) is 0.538. The largest absolute Gasteiger partial charge is 0.491 e. The van der Waals surface area contributed by atoms with Crippen LogP contribution in [0.4, 0.5) is 0 Å². The normalized spacial score (nSPS) is 20.1. The van der Waals surface area contributed by atoms with Crippen molar-refractivity contribution in [1.82, 2.24) is 9.80 Å². The standard InChI is InChI=1S/C26H34N2O4S/c1-18(2)20-6-8-21(9-7-20)32-17-24-23-11-14-33-25(23)10-12-28(24)26(30)16-27(19(3)29)15-22-5-4-13-31-22/h6-9,11,14,18,22,24H,4-5,10,12-13,15-17H2,1-3H3/t22-,24+/m0/s1. The summed E-state index contributed by atoms with van der Waals surface area (Å²) >= 11 is 1.74. The van der Waals surface area contributed by atoms with Crippen LogP contribution in [0.5, 0.6) is 5.75 Å². The molecule has 1 aromatic heterocycles. The van der Waals surface area contributed by atoms with Gasteiger partial charge in [0.15, 0.2) is 0 Å². The van der Waals surface area contributed by atoms with Gasteiger partial charge < -0.3 is 19.3 Å². The monoisotopic (exact) mass is 470 g/mol. The molecule has 3 heterocycles. The van der Waals surface area contributed by atoms with Crippen molar-refractivity contribution in [3.8, 4) is 5.75 Å². The van der Waals surface area contributed by atoms with Crippen LogP contribution in [0.15, 0.2) is 35.7 Å². The number of nitrogens with zero attached hydrogens (tertiary/aromatic N) is 2. The third-order valence-corrected chi connectivity index (χ3v) is 7.59. The molecule has 0 spiro atoms. The maximum Gasteiger partial charge on any atom is 0.242 e. The summed E-state index contributed by atoms with van der Waals surface area (Å²) in [6, 6.07) is 10.1. The van der Waals surface area contributed by atoms with Crippen molar-refractivity contribution in [2.75, 3.05) is 32.8 Å². The number of benzene rings is 1. The minimum absolute atomic E-state index is 0.0273. The number of rotatable bonds is 8. The molecule has 0 N–H and O–H groups in total. The average molecular weight is 471 g/mol. The topological polar surface area (TPSA) is 59.1 Å². The van der Waals surface area contributed by atoms with Gasteiger partial charge in [0.1, 0.15) is 12.4 Å². The van der Waals surface area contributed by atoms with Gasteiger partial charge in [-0.2, -0.15) is 0 Å². The number of carbonyl (C=O) groups is 2. The van der Waals surface area contributed by atoms with E-state index in [1.807, 2.05) is 17.0 Å². The highest BCUT2D eigenvalue weighted by molar-refractivity contribution is 7.10. The Kier molecular flexibility index (Phi) is 7.71. The van der Waals surface area contributed by atoms with E-state index in [1.165, 1.54) is 17.4 Å². The minimum Gasteiger partial charge on any atom is -0.491 e. The van der Waals surface area contributed by atoms with Gasteiger partial charge >= 0.3 is 0 Å². The maximum absolute atomic E-state index is 13.4. The number of hydrogen-bond donors (Lipinski definition) is 0. The zero-order valence-electron chi connectivity index (χ0n) is 19.8. The van der Waals surface area contributed by atoms with E-state index >= 15 is 0 Å². The van der Waals surface area contributed by atoms with E-state index in [1.54, 1.807) is 16.2 Å². The summed E-state index contributed by atoms with van der Waals surface area (Å²) in [5.74, 6) is 1.14. The van der Waals surface area contributed by atoms with Gasteiger partial charge in [-0.1, -0.05) is 26.0 Å². The SMILES string of the molecule is CC(=O)N(CC(=O)N1CCc2sccc2[C@H]1COc1ccc(C(C)C)cc1)C[C@@H]1CCCO1. The molecule has 0 bridgehead atoms. The van der Waals surface area contributed by atoms with Crippen LogP contribution >= 0.6 is 11.3 Å². The van der Waals surface area contributed by atoms with Gasteiger partial charge in [0.25, 0.3) is 0 Å². The molecule has 33 heavy (non-hydrogen) atoms. The molecule has 6 nitrogen and oxygen atoms in total. The molecule has 2 aromatic rings. The summed E-state index contributed by atoms with van der Waals surface area (Å²) in [6.45, 7) is 8.17. The zero-order chi connectivity index (χ0) is 23.4. The summed E-state index contributed by atoms with van der Waals surface area (Å²) in [5, 5.41) is 2.09. The molecule has 2 amide bonds. The first-order valence-corrected chi connectivity index (χ1v) is 12.8. The Morgan fingerprint density at radius 1 is 1.24 bits per heavy atom. The number of ether oxygens (including phenoxy) is 2. The van der Waals surface area contributed by atoms with Crippen LogP contribution in [-0.4, -0.2) is 60.6 Å². The smallest absolute Gasteiger partial charge is 0.242 e. The van der Waals surface area contributed by atoms with Gasteiger partial charge in [0, 0.05) is 31.5 Å². The first-order chi connectivity index (χ1) is 15.9. The number of hydrogen-bond acceptors (Lipinski definition) is 5. The third kappa shape index (κ3) is 5.76. The Morgan fingerprint density at radius 2 is 2.03 bits per heavy atom. The van der Waals surface area contributed by atoms with E-state index in [4.69, 9.17) is 9.47 Å². The molecule has 1 fully saturated rings. The van der Waals surface area contributed by atoms with Crippen molar-refractivity contribution in [3.05, 3.63) is 51.7 Å². The van der Waals surface area contributed by atoms with Gasteiger partial charge in [0.2, 0.25) is 11.8 Å². The van der Waals surface area contributed by atoms with Crippen molar-refractivity contribution in [2.24, 2.45) is 0 Å². The van der Waals surface area contributed by atoms with E-state index < -0.39 is 0 Å². The van der Waals surface area contributed by atoms with Gasteiger partial charge in [-0.25, -0.2) is 0 Å². The molecule has 0 saturated carbocycles. The number of thiophene rings is 1. The van der Waals surface area contributed by atoms with Gasteiger partial charge in [0.05, 0.1) is 18.7 Å². The first kappa shape index (κ1) is 23.8. The summed E-state index contributed by atoms with van der Waals surface area (Å²) in [4.78, 5) is 30.5. The van der Waals surface area contributed by atoms with E-state index in [-0.39, 0.29) is 30.5 Å². The van der Waals surface area contributed by atoms with Crippen molar-refractivity contribution in [2.45, 2.75) is 58.1 Å². The van der Waals surface area contributed by atoms with Crippen molar-refractivity contribution < 1.29 is 19.1 Å². The first-order valence-electron chi connectivity index (χ1n) is 11.9. The molecule has 0 aliphatic carbocycles. The second-order valence-corrected chi connectivity index (χ2v) is 10.2. The van der Waals surface area contributed by atoms with Crippen LogP contribution < -0.4 is 4.74 Å². The highest BCUT2D eigenvalue weighted by Crippen LogP contribution is 2.34. The predicted molar refractivity (Wildman–Crippen MR) is 130 cm³/mol. The highest BCUT2D eigenvalue weighted by Gasteiger charge is 2.33. The zero-order valence-corrected chi connectivity index (χ0v) is 20.6. The molecule has 4 rings (SSSR count). The fourth-order valence-corrected chi connectivity index (χ4v) is 5.52. The third-order valence-electron chi connectivity index (χ3n) is 6.59. The van der Waals surface area contributed by atoms with Crippen LogP contribution in [0.2, 0.25) is 0 Å². The fourth-order valence-electron chi connectivity index (χ4n) is 4.59. The van der Waals surface area contributed by atoms with Gasteiger partial charge in [-0.05, 0) is 59.9 Å². The molecule has 0 unspecified atom stereocenters.